The number of nitrogens with zero attached hydrogens (tertiary/aromatic N) is 2. The van der Waals surface area contributed by atoms with Crippen molar-refractivity contribution in [2.75, 3.05) is 27.4 Å². The van der Waals surface area contributed by atoms with Crippen LogP contribution < -0.4 is 14.8 Å². The van der Waals surface area contributed by atoms with Gasteiger partial charge in [0.1, 0.15) is 6.26 Å². The Kier molecular flexibility index (Phi) is 8.17. The number of carbonyl (C=O) groups excluding carboxylic acids is 1. The summed E-state index contributed by atoms with van der Waals surface area (Å²) in [5.41, 5.74) is 2.41. The standard InChI is InChI=1S/C26H31N3O5/c1-31-23-12-6-10-20(25(23)32-2)16-29(15-19-8-4-3-5-9-19)17-24-28-22(18-34-24)26(30)27-14-21-11-7-13-33-21/h3-6,8-10,12,18,21H,7,11,13-17H2,1-2H3,(H,27,30). The zero-order valence-corrected chi connectivity index (χ0v) is 19.7. The van der Waals surface area contributed by atoms with E-state index in [0.717, 1.165) is 30.6 Å². The molecule has 1 aliphatic rings. The first-order valence-corrected chi connectivity index (χ1v) is 11.5. The Morgan fingerprint density at radius 2 is 1.94 bits per heavy atom. The summed E-state index contributed by atoms with van der Waals surface area (Å²) in [5.74, 6) is 1.60. The maximum atomic E-state index is 12.5. The number of hydrogen-bond acceptors (Lipinski definition) is 7. The van der Waals surface area contributed by atoms with Crippen molar-refractivity contribution in [1.29, 1.82) is 0 Å². The Bertz CT molecular complexity index is 1060. The fraction of sp³-hybridized carbons (Fsp3) is 0.385. The Hall–Kier alpha value is -3.36. The topological polar surface area (TPSA) is 86.1 Å². The van der Waals surface area contributed by atoms with Crippen LogP contribution in [0.2, 0.25) is 0 Å². The van der Waals surface area contributed by atoms with E-state index in [9.17, 15) is 4.79 Å². The molecule has 34 heavy (non-hydrogen) atoms. The van der Waals surface area contributed by atoms with Gasteiger partial charge in [-0.1, -0.05) is 42.5 Å². The summed E-state index contributed by atoms with van der Waals surface area (Å²) in [5, 5.41) is 2.88. The third kappa shape index (κ3) is 6.15. The van der Waals surface area contributed by atoms with E-state index in [1.165, 1.54) is 6.26 Å². The lowest BCUT2D eigenvalue weighted by Gasteiger charge is -2.23. The molecular formula is C26H31N3O5. The van der Waals surface area contributed by atoms with Crippen LogP contribution in [0.1, 0.15) is 40.3 Å². The first kappa shape index (κ1) is 23.8. The van der Waals surface area contributed by atoms with Crippen LogP contribution in [-0.2, 0) is 24.4 Å². The maximum Gasteiger partial charge on any atom is 0.273 e. The van der Waals surface area contributed by atoms with E-state index in [-0.39, 0.29) is 17.7 Å². The predicted molar refractivity (Wildman–Crippen MR) is 127 cm³/mol. The highest BCUT2D eigenvalue weighted by molar-refractivity contribution is 5.91. The Balaban J connectivity index is 1.47. The number of methoxy groups -OCH3 is 2. The number of amides is 1. The van der Waals surface area contributed by atoms with Gasteiger partial charge in [0.2, 0.25) is 5.89 Å². The van der Waals surface area contributed by atoms with Gasteiger partial charge < -0.3 is 23.9 Å². The van der Waals surface area contributed by atoms with Crippen LogP contribution in [0, 0.1) is 0 Å². The Morgan fingerprint density at radius 1 is 1.09 bits per heavy atom. The number of nitrogens with one attached hydrogen (secondary N) is 1. The quantitative estimate of drug-likeness (QED) is 0.461. The van der Waals surface area contributed by atoms with Crippen LogP contribution >= 0.6 is 0 Å². The second-order valence-corrected chi connectivity index (χ2v) is 8.25. The minimum Gasteiger partial charge on any atom is -0.493 e. The summed E-state index contributed by atoms with van der Waals surface area (Å²) >= 11 is 0. The summed E-state index contributed by atoms with van der Waals surface area (Å²) < 4.78 is 22.3. The van der Waals surface area contributed by atoms with Crippen molar-refractivity contribution in [2.45, 2.75) is 38.6 Å². The van der Waals surface area contributed by atoms with Crippen molar-refractivity contribution in [1.82, 2.24) is 15.2 Å². The molecule has 1 fully saturated rings. The SMILES string of the molecule is COc1cccc(CN(Cc2ccccc2)Cc2nc(C(=O)NCC3CCCO3)co2)c1OC. The number of hydrogen-bond donors (Lipinski definition) is 1. The highest BCUT2D eigenvalue weighted by atomic mass is 16.5. The van der Waals surface area contributed by atoms with Gasteiger partial charge in [0.15, 0.2) is 17.2 Å². The molecule has 0 radical (unpaired) electrons. The molecule has 1 atom stereocenters. The van der Waals surface area contributed by atoms with Crippen molar-refractivity contribution in [3.63, 3.8) is 0 Å². The number of carbonyl (C=O) groups is 1. The van der Waals surface area contributed by atoms with E-state index in [4.69, 9.17) is 18.6 Å². The number of ether oxygens (including phenoxy) is 3. The normalized spacial score (nSPS) is 15.4. The van der Waals surface area contributed by atoms with Crippen molar-refractivity contribution in [3.8, 4) is 11.5 Å². The van der Waals surface area contributed by atoms with Gasteiger partial charge in [-0.3, -0.25) is 9.69 Å². The summed E-state index contributed by atoms with van der Waals surface area (Å²) in [6, 6.07) is 16.0. The second-order valence-electron chi connectivity index (χ2n) is 8.25. The van der Waals surface area contributed by atoms with Crippen molar-refractivity contribution < 1.29 is 23.4 Å². The molecule has 1 unspecified atom stereocenters. The van der Waals surface area contributed by atoms with Crippen LogP contribution in [0.5, 0.6) is 11.5 Å². The van der Waals surface area contributed by atoms with Crippen LogP contribution in [0.15, 0.2) is 59.2 Å². The van der Waals surface area contributed by atoms with Crippen LogP contribution in [0.25, 0.3) is 0 Å². The van der Waals surface area contributed by atoms with Gasteiger partial charge in [-0.2, -0.15) is 0 Å². The van der Waals surface area contributed by atoms with E-state index >= 15 is 0 Å². The lowest BCUT2D eigenvalue weighted by Crippen LogP contribution is -2.32. The highest BCUT2D eigenvalue weighted by Crippen LogP contribution is 2.32. The highest BCUT2D eigenvalue weighted by Gasteiger charge is 2.20. The van der Waals surface area contributed by atoms with Crippen molar-refractivity contribution >= 4 is 5.91 Å². The molecule has 180 valence electrons. The molecule has 1 aliphatic heterocycles. The minimum atomic E-state index is -0.255. The third-order valence-electron chi connectivity index (χ3n) is 5.78. The average molecular weight is 466 g/mol. The number of benzene rings is 2. The van der Waals surface area contributed by atoms with Crippen molar-refractivity contribution in [2.24, 2.45) is 0 Å². The molecular weight excluding hydrogens is 434 g/mol. The summed E-state index contributed by atoms with van der Waals surface area (Å²) in [6.45, 7) is 2.91. The summed E-state index contributed by atoms with van der Waals surface area (Å²) in [6.07, 6.45) is 3.48. The smallest absolute Gasteiger partial charge is 0.273 e. The molecule has 8 nitrogen and oxygen atoms in total. The lowest BCUT2D eigenvalue weighted by atomic mass is 10.1. The molecule has 1 amide bonds. The lowest BCUT2D eigenvalue weighted by molar-refractivity contribution is 0.0853. The fourth-order valence-corrected chi connectivity index (χ4v) is 4.11. The van der Waals surface area contributed by atoms with Gasteiger partial charge in [0.05, 0.1) is 26.9 Å². The molecule has 4 rings (SSSR count). The predicted octanol–water partition coefficient (Wildman–Crippen LogP) is 3.80. The molecule has 1 saturated heterocycles. The van der Waals surface area contributed by atoms with E-state index in [1.54, 1.807) is 14.2 Å². The van der Waals surface area contributed by atoms with E-state index in [2.05, 4.69) is 27.3 Å². The number of aromatic nitrogens is 1. The molecule has 2 aromatic carbocycles. The van der Waals surface area contributed by atoms with E-state index in [0.29, 0.717) is 43.6 Å². The minimum absolute atomic E-state index is 0.0783. The second kappa shape index (κ2) is 11.7. The van der Waals surface area contributed by atoms with Crippen LogP contribution in [0.4, 0.5) is 0 Å². The van der Waals surface area contributed by atoms with Gasteiger partial charge in [0.25, 0.3) is 5.91 Å². The molecule has 2 heterocycles. The molecule has 0 bridgehead atoms. The van der Waals surface area contributed by atoms with Crippen LogP contribution in [-0.4, -0.2) is 49.3 Å². The first-order valence-electron chi connectivity index (χ1n) is 11.5. The molecule has 1 aromatic heterocycles. The van der Waals surface area contributed by atoms with E-state index in [1.807, 2.05) is 36.4 Å². The maximum absolute atomic E-state index is 12.5. The zero-order chi connectivity index (χ0) is 23.8. The summed E-state index contributed by atoms with van der Waals surface area (Å²) in [7, 11) is 3.26. The molecule has 3 aromatic rings. The van der Waals surface area contributed by atoms with Gasteiger partial charge >= 0.3 is 0 Å². The monoisotopic (exact) mass is 465 g/mol. The number of oxazole rings is 1. The number of para-hydroxylation sites is 1. The molecule has 0 spiro atoms. The summed E-state index contributed by atoms with van der Waals surface area (Å²) in [4.78, 5) is 19.1. The number of rotatable bonds is 11. The van der Waals surface area contributed by atoms with Crippen LogP contribution in [0.3, 0.4) is 0 Å². The van der Waals surface area contributed by atoms with Crippen molar-refractivity contribution in [3.05, 3.63) is 77.5 Å². The Labute approximate surface area is 199 Å². The van der Waals surface area contributed by atoms with Gasteiger partial charge in [-0.05, 0) is 24.5 Å². The molecule has 8 heteroatoms. The molecule has 1 N–H and O–H groups in total. The Morgan fingerprint density at radius 3 is 2.68 bits per heavy atom. The average Bonchev–Trinajstić information content (AvgIpc) is 3.55. The van der Waals surface area contributed by atoms with E-state index < -0.39 is 0 Å². The van der Waals surface area contributed by atoms with Gasteiger partial charge in [0, 0.05) is 31.8 Å². The van der Waals surface area contributed by atoms with Gasteiger partial charge in [-0.15, -0.1) is 0 Å². The third-order valence-corrected chi connectivity index (χ3v) is 5.78. The largest absolute Gasteiger partial charge is 0.493 e. The fourth-order valence-electron chi connectivity index (χ4n) is 4.11. The first-order chi connectivity index (χ1) is 16.7. The zero-order valence-electron chi connectivity index (χ0n) is 19.7. The molecule has 0 saturated carbocycles. The van der Waals surface area contributed by atoms with Gasteiger partial charge in [-0.25, -0.2) is 4.98 Å². The molecule has 0 aliphatic carbocycles.